The standard InChI is InChI=1S/C12H14O3/c13-12(14)6-5-11-10-4-2-1-3-9(10)7-8-15-11/h1-4,11H,5-8H2,(H,13,14). The van der Waals surface area contributed by atoms with Gasteiger partial charge in [0.15, 0.2) is 0 Å². The van der Waals surface area contributed by atoms with Crippen molar-refractivity contribution in [2.45, 2.75) is 25.4 Å². The second-order valence-electron chi connectivity index (χ2n) is 3.74. The van der Waals surface area contributed by atoms with E-state index in [1.165, 1.54) is 5.56 Å². The number of ether oxygens (including phenoxy) is 1. The van der Waals surface area contributed by atoms with E-state index in [1.807, 2.05) is 18.2 Å². The van der Waals surface area contributed by atoms with Crippen LogP contribution in [-0.4, -0.2) is 17.7 Å². The molecule has 1 aromatic rings. The van der Waals surface area contributed by atoms with E-state index in [2.05, 4.69) is 6.07 Å². The molecule has 3 nitrogen and oxygen atoms in total. The topological polar surface area (TPSA) is 46.5 Å². The van der Waals surface area contributed by atoms with Crippen LogP contribution >= 0.6 is 0 Å². The Balaban J connectivity index is 2.11. The van der Waals surface area contributed by atoms with E-state index < -0.39 is 5.97 Å². The SMILES string of the molecule is O=C(O)CCC1OCCc2ccccc21. The highest BCUT2D eigenvalue weighted by Crippen LogP contribution is 2.30. The summed E-state index contributed by atoms with van der Waals surface area (Å²) in [6.07, 6.45) is 1.62. The molecule has 2 rings (SSSR count). The van der Waals surface area contributed by atoms with Crippen molar-refractivity contribution in [1.82, 2.24) is 0 Å². The third-order valence-electron chi connectivity index (χ3n) is 2.71. The molecule has 0 spiro atoms. The van der Waals surface area contributed by atoms with Gasteiger partial charge in [0, 0.05) is 6.42 Å². The average molecular weight is 206 g/mol. The second-order valence-corrected chi connectivity index (χ2v) is 3.74. The van der Waals surface area contributed by atoms with Gasteiger partial charge in [0.25, 0.3) is 0 Å². The van der Waals surface area contributed by atoms with Crippen LogP contribution in [-0.2, 0) is 16.0 Å². The minimum Gasteiger partial charge on any atom is -0.481 e. The highest BCUT2D eigenvalue weighted by Gasteiger charge is 2.20. The van der Waals surface area contributed by atoms with Gasteiger partial charge in [-0.05, 0) is 24.0 Å². The molecule has 0 aromatic heterocycles. The van der Waals surface area contributed by atoms with Gasteiger partial charge in [-0.15, -0.1) is 0 Å². The quantitative estimate of drug-likeness (QED) is 0.824. The summed E-state index contributed by atoms with van der Waals surface area (Å²) in [4.78, 5) is 10.5. The largest absolute Gasteiger partial charge is 0.481 e. The minimum atomic E-state index is -0.762. The van der Waals surface area contributed by atoms with Crippen LogP contribution < -0.4 is 0 Å². The fourth-order valence-corrected chi connectivity index (χ4v) is 1.97. The van der Waals surface area contributed by atoms with Gasteiger partial charge in [-0.2, -0.15) is 0 Å². The number of hydrogen-bond donors (Lipinski definition) is 1. The third kappa shape index (κ3) is 2.36. The second kappa shape index (κ2) is 4.45. The Hall–Kier alpha value is -1.35. The van der Waals surface area contributed by atoms with E-state index in [0.29, 0.717) is 13.0 Å². The maximum atomic E-state index is 10.5. The van der Waals surface area contributed by atoms with Crippen LogP contribution in [0.5, 0.6) is 0 Å². The molecular formula is C12H14O3. The Morgan fingerprint density at radius 3 is 3.07 bits per heavy atom. The van der Waals surface area contributed by atoms with Gasteiger partial charge in [-0.3, -0.25) is 4.79 Å². The molecule has 1 aliphatic rings. The first kappa shape index (κ1) is 10.2. The predicted molar refractivity (Wildman–Crippen MR) is 55.7 cm³/mol. The summed E-state index contributed by atoms with van der Waals surface area (Å²) in [6.45, 7) is 0.696. The summed E-state index contributed by atoms with van der Waals surface area (Å²) in [5, 5.41) is 8.64. The molecule has 0 bridgehead atoms. The van der Waals surface area contributed by atoms with E-state index in [-0.39, 0.29) is 12.5 Å². The van der Waals surface area contributed by atoms with Crippen molar-refractivity contribution in [3.05, 3.63) is 35.4 Å². The van der Waals surface area contributed by atoms with Crippen LogP contribution in [0.25, 0.3) is 0 Å². The molecule has 0 aliphatic carbocycles. The van der Waals surface area contributed by atoms with Gasteiger partial charge in [0.05, 0.1) is 12.7 Å². The highest BCUT2D eigenvalue weighted by atomic mass is 16.5. The van der Waals surface area contributed by atoms with Crippen molar-refractivity contribution in [1.29, 1.82) is 0 Å². The molecule has 1 aliphatic heterocycles. The van der Waals surface area contributed by atoms with Crippen LogP contribution in [0.4, 0.5) is 0 Å². The zero-order valence-corrected chi connectivity index (χ0v) is 8.48. The first-order chi connectivity index (χ1) is 7.27. The van der Waals surface area contributed by atoms with Crippen LogP contribution in [0.3, 0.4) is 0 Å². The molecule has 1 aromatic carbocycles. The zero-order chi connectivity index (χ0) is 10.7. The Morgan fingerprint density at radius 2 is 2.27 bits per heavy atom. The minimum absolute atomic E-state index is 0.0361. The molecular weight excluding hydrogens is 192 g/mol. The van der Waals surface area contributed by atoms with Crippen LogP contribution in [0.1, 0.15) is 30.1 Å². The average Bonchev–Trinajstić information content (AvgIpc) is 2.26. The summed E-state index contributed by atoms with van der Waals surface area (Å²) in [5.74, 6) is -0.762. The summed E-state index contributed by atoms with van der Waals surface area (Å²) in [6, 6.07) is 8.10. The molecule has 1 heterocycles. The number of rotatable bonds is 3. The maximum Gasteiger partial charge on any atom is 0.303 e. The molecule has 3 heteroatoms. The van der Waals surface area contributed by atoms with Gasteiger partial charge in [-0.1, -0.05) is 24.3 Å². The van der Waals surface area contributed by atoms with Crippen molar-refractivity contribution >= 4 is 5.97 Å². The summed E-state index contributed by atoms with van der Waals surface area (Å²) < 4.78 is 5.59. The summed E-state index contributed by atoms with van der Waals surface area (Å²) in [7, 11) is 0. The summed E-state index contributed by atoms with van der Waals surface area (Å²) >= 11 is 0. The number of carbonyl (C=O) groups is 1. The third-order valence-corrected chi connectivity index (χ3v) is 2.71. The lowest BCUT2D eigenvalue weighted by Crippen LogP contribution is -2.17. The molecule has 1 N–H and O–H groups in total. The lowest BCUT2D eigenvalue weighted by Gasteiger charge is -2.25. The van der Waals surface area contributed by atoms with E-state index >= 15 is 0 Å². The predicted octanol–water partition coefficient (Wildman–Crippen LogP) is 2.17. The van der Waals surface area contributed by atoms with Gasteiger partial charge >= 0.3 is 5.97 Å². The fraction of sp³-hybridized carbons (Fsp3) is 0.417. The molecule has 80 valence electrons. The first-order valence-electron chi connectivity index (χ1n) is 5.18. The zero-order valence-electron chi connectivity index (χ0n) is 8.48. The number of aliphatic carboxylic acids is 1. The monoisotopic (exact) mass is 206 g/mol. The molecule has 0 saturated carbocycles. The van der Waals surface area contributed by atoms with Crippen molar-refractivity contribution < 1.29 is 14.6 Å². The fourth-order valence-electron chi connectivity index (χ4n) is 1.97. The Kier molecular flexibility index (Phi) is 3.02. The van der Waals surface area contributed by atoms with Crippen LogP contribution in [0, 0.1) is 0 Å². The maximum absolute atomic E-state index is 10.5. The summed E-state index contributed by atoms with van der Waals surface area (Å²) in [5.41, 5.74) is 2.45. The van der Waals surface area contributed by atoms with E-state index in [0.717, 1.165) is 12.0 Å². The van der Waals surface area contributed by atoms with Crippen LogP contribution in [0.15, 0.2) is 24.3 Å². The van der Waals surface area contributed by atoms with Gasteiger partial charge in [0.2, 0.25) is 0 Å². The smallest absolute Gasteiger partial charge is 0.303 e. The van der Waals surface area contributed by atoms with E-state index in [1.54, 1.807) is 0 Å². The Morgan fingerprint density at radius 1 is 1.47 bits per heavy atom. The number of carboxylic acids is 1. The molecule has 15 heavy (non-hydrogen) atoms. The number of hydrogen-bond acceptors (Lipinski definition) is 2. The van der Waals surface area contributed by atoms with Crippen molar-refractivity contribution in [2.24, 2.45) is 0 Å². The molecule has 0 amide bonds. The molecule has 0 fully saturated rings. The molecule has 1 atom stereocenters. The normalized spacial score (nSPS) is 19.6. The van der Waals surface area contributed by atoms with Crippen molar-refractivity contribution in [2.75, 3.05) is 6.61 Å². The Labute approximate surface area is 88.7 Å². The Bertz CT molecular complexity index is 360. The number of fused-ring (bicyclic) bond motifs is 1. The molecule has 0 radical (unpaired) electrons. The van der Waals surface area contributed by atoms with E-state index in [4.69, 9.17) is 9.84 Å². The van der Waals surface area contributed by atoms with Gasteiger partial charge in [0.1, 0.15) is 0 Å². The number of carboxylic acid groups (broad SMARTS) is 1. The highest BCUT2D eigenvalue weighted by molar-refractivity contribution is 5.66. The van der Waals surface area contributed by atoms with Gasteiger partial charge < -0.3 is 9.84 Å². The lowest BCUT2D eigenvalue weighted by molar-refractivity contribution is -0.138. The van der Waals surface area contributed by atoms with Gasteiger partial charge in [-0.25, -0.2) is 0 Å². The van der Waals surface area contributed by atoms with Crippen LogP contribution in [0.2, 0.25) is 0 Å². The number of benzene rings is 1. The van der Waals surface area contributed by atoms with Crippen molar-refractivity contribution in [3.8, 4) is 0 Å². The van der Waals surface area contributed by atoms with Crippen molar-refractivity contribution in [3.63, 3.8) is 0 Å². The molecule has 0 saturated heterocycles. The first-order valence-corrected chi connectivity index (χ1v) is 5.18. The molecule has 1 unspecified atom stereocenters. The van der Waals surface area contributed by atoms with E-state index in [9.17, 15) is 4.79 Å². The lowest BCUT2D eigenvalue weighted by atomic mass is 9.95.